The second-order valence-corrected chi connectivity index (χ2v) is 3.59. The van der Waals surface area contributed by atoms with Gasteiger partial charge < -0.3 is 10.1 Å². The van der Waals surface area contributed by atoms with Crippen LogP contribution in [0.4, 0.5) is 0 Å². The molecule has 2 aromatic heterocycles. The van der Waals surface area contributed by atoms with E-state index in [2.05, 4.69) is 9.97 Å². The number of aromatic carboxylic acids is 1. The number of benzene rings is 1. The van der Waals surface area contributed by atoms with Gasteiger partial charge in [-0.15, -0.1) is 0 Å². The molecule has 4 heteroatoms. The Morgan fingerprint density at radius 2 is 2.12 bits per heavy atom. The summed E-state index contributed by atoms with van der Waals surface area (Å²) in [4.78, 5) is 18.2. The van der Waals surface area contributed by atoms with Crippen LogP contribution in [0.5, 0.6) is 0 Å². The van der Waals surface area contributed by atoms with E-state index in [-0.39, 0.29) is 5.56 Å². The SMILES string of the molecule is O=C(O)c1ccc2[nH]c3ncccc3c2c1. The van der Waals surface area contributed by atoms with Crippen LogP contribution in [-0.4, -0.2) is 21.0 Å². The molecule has 0 amide bonds. The largest absolute Gasteiger partial charge is 0.478 e. The van der Waals surface area contributed by atoms with Crippen molar-refractivity contribution in [3.05, 3.63) is 42.1 Å². The number of nitrogens with zero attached hydrogens (tertiary/aromatic N) is 1. The average Bonchev–Trinajstić information content (AvgIpc) is 2.66. The third-order valence-electron chi connectivity index (χ3n) is 2.62. The molecule has 0 aliphatic rings. The Morgan fingerprint density at radius 1 is 1.25 bits per heavy atom. The zero-order chi connectivity index (χ0) is 11.1. The average molecular weight is 212 g/mol. The highest BCUT2D eigenvalue weighted by Gasteiger charge is 2.08. The van der Waals surface area contributed by atoms with Gasteiger partial charge in [-0.2, -0.15) is 0 Å². The third-order valence-corrected chi connectivity index (χ3v) is 2.62. The van der Waals surface area contributed by atoms with E-state index in [1.165, 1.54) is 0 Å². The van der Waals surface area contributed by atoms with E-state index in [0.29, 0.717) is 0 Å². The first-order valence-corrected chi connectivity index (χ1v) is 4.85. The van der Waals surface area contributed by atoms with E-state index in [1.54, 1.807) is 24.4 Å². The minimum atomic E-state index is -0.917. The molecule has 4 nitrogen and oxygen atoms in total. The molecule has 78 valence electrons. The van der Waals surface area contributed by atoms with Crippen LogP contribution in [0.15, 0.2) is 36.5 Å². The summed E-state index contributed by atoms with van der Waals surface area (Å²) >= 11 is 0. The van der Waals surface area contributed by atoms with Crippen LogP contribution in [0.2, 0.25) is 0 Å². The van der Waals surface area contributed by atoms with Gasteiger partial charge >= 0.3 is 5.97 Å². The quantitative estimate of drug-likeness (QED) is 0.651. The Bertz CT molecular complexity index is 700. The summed E-state index contributed by atoms with van der Waals surface area (Å²) in [5, 5.41) is 10.8. The summed E-state index contributed by atoms with van der Waals surface area (Å²) in [5.74, 6) is -0.917. The summed E-state index contributed by atoms with van der Waals surface area (Å²) in [5.41, 5.74) is 1.97. The number of fused-ring (bicyclic) bond motifs is 3. The molecule has 0 bridgehead atoms. The van der Waals surface area contributed by atoms with Crippen molar-refractivity contribution in [3.8, 4) is 0 Å². The summed E-state index contributed by atoms with van der Waals surface area (Å²) < 4.78 is 0. The zero-order valence-corrected chi connectivity index (χ0v) is 8.27. The Hall–Kier alpha value is -2.36. The number of aromatic nitrogens is 2. The lowest BCUT2D eigenvalue weighted by atomic mass is 10.1. The topological polar surface area (TPSA) is 66.0 Å². The van der Waals surface area contributed by atoms with Crippen LogP contribution < -0.4 is 0 Å². The molecule has 0 aliphatic carbocycles. The second-order valence-electron chi connectivity index (χ2n) is 3.59. The number of nitrogens with one attached hydrogen (secondary N) is 1. The fourth-order valence-electron chi connectivity index (χ4n) is 1.86. The molecule has 0 radical (unpaired) electrons. The number of H-pyrrole nitrogens is 1. The van der Waals surface area contributed by atoms with Gasteiger partial charge in [0.25, 0.3) is 0 Å². The molecule has 2 heterocycles. The fraction of sp³-hybridized carbons (Fsp3) is 0. The van der Waals surface area contributed by atoms with Gasteiger partial charge in [-0.1, -0.05) is 0 Å². The molecular weight excluding hydrogens is 204 g/mol. The second kappa shape index (κ2) is 3.06. The zero-order valence-electron chi connectivity index (χ0n) is 8.27. The van der Waals surface area contributed by atoms with Crippen LogP contribution in [0, 0.1) is 0 Å². The molecule has 2 N–H and O–H groups in total. The van der Waals surface area contributed by atoms with Gasteiger partial charge in [0.05, 0.1) is 5.56 Å². The molecule has 16 heavy (non-hydrogen) atoms. The molecule has 0 saturated heterocycles. The van der Waals surface area contributed by atoms with Gasteiger partial charge in [-0.05, 0) is 30.3 Å². The van der Waals surface area contributed by atoms with Crippen molar-refractivity contribution in [2.45, 2.75) is 0 Å². The number of aromatic amines is 1. The number of hydrogen-bond acceptors (Lipinski definition) is 2. The van der Waals surface area contributed by atoms with Gasteiger partial charge in [0.1, 0.15) is 5.65 Å². The molecule has 3 rings (SSSR count). The molecule has 0 spiro atoms. The van der Waals surface area contributed by atoms with Gasteiger partial charge in [-0.25, -0.2) is 9.78 Å². The van der Waals surface area contributed by atoms with Crippen LogP contribution in [-0.2, 0) is 0 Å². The van der Waals surface area contributed by atoms with Crippen molar-refractivity contribution in [1.82, 2.24) is 9.97 Å². The number of hydrogen-bond donors (Lipinski definition) is 2. The van der Waals surface area contributed by atoms with Crippen LogP contribution in [0.25, 0.3) is 21.9 Å². The van der Waals surface area contributed by atoms with Gasteiger partial charge in [0, 0.05) is 22.5 Å². The van der Waals surface area contributed by atoms with Gasteiger partial charge in [-0.3, -0.25) is 0 Å². The molecule has 0 aliphatic heterocycles. The monoisotopic (exact) mass is 212 g/mol. The third kappa shape index (κ3) is 1.16. The minimum Gasteiger partial charge on any atom is -0.478 e. The maximum atomic E-state index is 10.9. The predicted molar refractivity (Wildman–Crippen MR) is 60.6 cm³/mol. The lowest BCUT2D eigenvalue weighted by Gasteiger charge is -1.94. The lowest BCUT2D eigenvalue weighted by Crippen LogP contribution is -1.94. The summed E-state index contributed by atoms with van der Waals surface area (Å²) in [6, 6.07) is 8.77. The Labute approximate surface area is 90.5 Å². The normalized spacial score (nSPS) is 11.0. The standard InChI is InChI=1S/C12H8N2O2/c15-12(16)7-3-4-10-9(6-7)8-2-1-5-13-11(8)14-10/h1-6H,(H,13,14)(H,15,16). The first kappa shape index (κ1) is 8.91. The van der Waals surface area contributed by atoms with E-state index < -0.39 is 5.97 Å². The van der Waals surface area contributed by atoms with E-state index in [9.17, 15) is 4.79 Å². The first-order chi connectivity index (χ1) is 7.75. The van der Waals surface area contributed by atoms with Crippen LogP contribution in [0.1, 0.15) is 10.4 Å². The number of carboxylic acids is 1. The van der Waals surface area contributed by atoms with Crippen molar-refractivity contribution < 1.29 is 9.90 Å². The van der Waals surface area contributed by atoms with Gasteiger partial charge in [0.15, 0.2) is 0 Å². The Balaban J connectivity index is 2.44. The molecule has 0 saturated carbocycles. The van der Waals surface area contributed by atoms with Crippen LogP contribution >= 0.6 is 0 Å². The lowest BCUT2D eigenvalue weighted by molar-refractivity contribution is 0.0697. The number of carboxylic acid groups (broad SMARTS) is 1. The number of pyridine rings is 1. The summed E-state index contributed by atoms with van der Waals surface area (Å²) in [6.07, 6.45) is 1.70. The maximum absolute atomic E-state index is 10.9. The molecule has 0 atom stereocenters. The summed E-state index contributed by atoms with van der Waals surface area (Å²) in [7, 11) is 0. The number of rotatable bonds is 1. The minimum absolute atomic E-state index is 0.289. The van der Waals surface area contributed by atoms with Crippen molar-refractivity contribution in [2.24, 2.45) is 0 Å². The number of carbonyl (C=O) groups is 1. The van der Waals surface area contributed by atoms with E-state index in [4.69, 9.17) is 5.11 Å². The van der Waals surface area contributed by atoms with E-state index in [0.717, 1.165) is 21.9 Å². The van der Waals surface area contributed by atoms with Crippen LogP contribution in [0.3, 0.4) is 0 Å². The van der Waals surface area contributed by atoms with Crippen molar-refractivity contribution in [3.63, 3.8) is 0 Å². The maximum Gasteiger partial charge on any atom is 0.335 e. The summed E-state index contributed by atoms with van der Waals surface area (Å²) in [6.45, 7) is 0. The van der Waals surface area contributed by atoms with E-state index in [1.807, 2.05) is 12.1 Å². The van der Waals surface area contributed by atoms with Crippen molar-refractivity contribution >= 4 is 27.9 Å². The Morgan fingerprint density at radius 3 is 2.94 bits per heavy atom. The molecule has 0 fully saturated rings. The van der Waals surface area contributed by atoms with E-state index >= 15 is 0 Å². The highest BCUT2D eigenvalue weighted by molar-refractivity contribution is 6.08. The first-order valence-electron chi connectivity index (χ1n) is 4.85. The van der Waals surface area contributed by atoms with Gasteiger partial charge in [0.2, 0.25) is 0 Å². The molecule has 1 aromatic carbocycles. The molecular formula is C12H8N2O2. The van der Waals surface area contributed by atoms with Crippen molar-refractivity contribution in [2.75, 3.05) is 0 Å². The molecule has 0 unspecified atom stereocenters. The smallest absolute Gasteiger partial charge is 0.335 e. The Kier molecular flexibility index (Phi) is 1.71. The van der Waals surface area contributed by atoms with Crippen molar-refractivity contribution in [1.29, 1.82) is 0 Å². The fourth-order valence-corrected chi connectivity index (χ4v) is 1.86. The molecule has 3 aromatic rings. The predicted octanol–water partition coefficient (Wildman–Crippen LogP) is 2.41. The highest BCUT2D eigenvalue weighted by atomic mass is 16.4. The highest BCUT2D eigenvalue weighted by Crippen LogP contribution is 2.24.